The highest BCUT2D eigenvalue weighted by Crippen LogP contribution is 2.31. The summed E-state index contributed by atoms with van der Waals surface area (Å²) in [7, 11) is 0. The lowest BCUT2D eigenvalue weighted by molar-refractivity contribution is 0.0604. The first-order chi connectivity index (χ1) is 12.6. The summed E-state index contributed by atoms with van der Waals surface area (Å²) in [5.74, 6) is 1.70. The molecule has 3 heterocycles. The molecule has 2 aliphatic rings. The van der Waals surface area contributed by atoms with Crippen LogP contribution in [-0.2, 0) is 0 Å². The maximum atomic E-state index is 13.2. The Bertz CT molecular complexity index is 813. The molecule has 2 N–H and O–H groups in total. The molecule has 3 unspecified atom stereocenters. The maximum absolute atomic E-state index is 13.2. The Morgan fingerprint density at radius 2 is 2.19 bits per heavy atom. The highest BCUT2D eigenvalue weighted by Gasteiger charge is 2.37. The van der Waals surface area contributed by atoms with Crippen molar-refractivity contribution in [1.82, 2.24) is 15.8 Å². The third kappa shape index (κ3) is 3.03. The van der Waals surface area contributed by atoms with Crippen molar-refractivity contribution >= 4 is 16.9 Å². The zero-order valence-corrected chi connectivity index (χ0v) is 16.0. The van der Waals surface area contributed by atoms with E-state index in [2.05, 4.69) is 29.9 Å². The van der Waals surface area contributed by atoms with E-state index in [1.807, 2.05) is 24.8 Å². The van der Waals surface area contributed by atoms with Crippen LogP contribution < -0.4 is 10.9 Å². The average molecular weight is 355 g/mol. The van der Waals surface area contributed by atoms with Crippen molar-refractivity contribution in [3.8, 4) is 0 Å². The molecule has 2 aliphatic heterocycles. The van der Waals surface area contributed by atoms with Crippen molar-refractivity contribution in [2.24, 2.45) is 11.8 Å². The number of rotatable bonds is 3. The van der Waals surface area contributed by atoms with Gasteiger partial charge >= 0.3 is 0 Å². The van der Waals surface area contributed by atoms with Gasteiger partial charge in [0.25, 0.3) is 5.91 Å². The van der Waals surface area contributed by atoms with E-state index < -0.39 is 0 Å². The molecule has 26 heavy (non-hydrogen) atoms. The number of aryl methyl sites for hydroxylation is 2. The molecule has 0 saturated carbocycles. The molecule has 5 heteroatoms. The number of benzene rings is 1. The molecule has 5 nitrogen and oxygen atoms in total. The minimum Gasteiger partial charge on any atom is -0.451 e. The predicted molar refractivity (Wildman–Crippen MR) is 103 cm³/mol. The lowest BCUT2D eigenvalue weighted by Gasteiger charge is -2.37. The summed E-state index contributed by atoms with van der Waals surface area (Å²) >= 11 is 0. The molecule has 2 aromatic rings. The standard InChI is InChI=1S/C21H29N3O2/c1-4-15-11-22-23-19(15)16-6-5-9-24(12-16)21(25)20-14(3)17-8-7-13(2)10-18(17)26-20/h7-8,10,15-16,19,22-23H,4-6,9,11-12H2,1-3H3. The molecule has 0 radical (unpaired) electrons. The van der Waals surface area contributed by atoms with Crippen molar-refractivity contribution in [2.75, 3.05) is 19.6 Å². The van der Waals surface area contributed by atoms with E-state index in [0.29, 0.717) is 23.6 Å². The fraction of sp³-hybridized carbons (Fsp3) is 0.571. The van der Waals surface area contributed by atoms with Crippen LogP contribution in [0.5, 0.6) is 0 Å². The van der Waals surface area contributed by atoms with Crippen molar-refractivity contribution in [1.29, 1.82) is 0 Å². The van der Waals surface area contributed by atoms with Crippen LogP contribution in [0, 0.1) is 25.7 Å². The predicted octanol–water partition coefficient (Wildman–Crippen LogP) is 3.40. The Morgan fingerprint density at radius 3 is 3.00 bits per heavy atom. The number of carbonyl (C=O) groups excluding carboxylic acids is 1. The van der Waals surface area contributed by atoms with Crippen LogP contribution in [-0.4, -0.2) is 36.5 Å². The normalized spacial score (nSPS) is 26.6. The highest BCUT2D eigenvalue weighted by atomic mass is 16.3. The Morgan fingerprint density at radius 1 is 1.35 bits per heavy atom. The molecule has 2 fully saturated rings. The molecule has 1 aromatic carbocycles. The van der Waals surface area contributed by atoms with Crippen LogP contribution in [0.25, 0.3) is 11.0 Å². The first kappa shape index (κ1) is 17.6. The summed E-state index contributed by atoms with van der Waals surface area (Å²) in [5.41, 5.74) is 9.68. The number of hydrogen-bond acceptors (Lipinski definition) is 4. The van der Waals surface area contributed by atoms with E-state index >= 15 is 0 Å². The minimum absolute atomic E-state index is 0.0417. The Balaban J connectivity index is 1.55. The molecule has 1 amide bonds. The van der Waals surface area contributed by atoms with E-state index in [9.17, 15) is 4.79 Å². The van der Waals surface area contributed by atoms with E-state index in [1.165, 1.54) is 6.42 Å². The van der Waals surface area contributed by atoms with E-state index in [4.69, 9.17) is 4.42 Å². The average Bonchev–Trinajstić information content (AvgIpc) is 3.25. The van der Waals surface area contributed by atoms with Crippen molar-refractivity contribution < 1.29 is 9.21 Å². The van der Waals surface area contributed by atoms with Crippen LogP contribution in [0.4, 0.5) is 0 Å². The van der Waals surface area contributed by atoms with Gasteiger partial charge in [-0.15, -0.1) is 0 Å². The lowest BCUT2D eigenvalue weighted by atomic mass is 9.83. The van der Waals surface area contributed by atoms with E-state index in [-0.39, 0.29) is 5.91 Å². The SMILES string of the molecule is CCC1CNNC1C1CCCN(C(=O)c2oc3cc(C)ccc3c2C)C1. The highest BCUT2D eigenvalue weighted by molar-refractivity contribution is 5.99. The van der Waals surface area contributed by atoms with Gasteiger partial charge in [-0.25, -0.2) is 0 Å². The first-order valence-electron chi connectivity index (χ1n) is 9.86. The molecule has 3 atom stereocenters. The Hall–Kier alpha value is -1.85. The van der Waals surface area contributed by atoms with E-state index in [1.54, 1.807) is 0 Å². The van der Waals surface area contributed by atoms with Crippen molar-refractivity contribution in [3.05, 3.63) is 35.1 Å². The number of nitrogens with zero attached hydrogens (tertiary/aromatic N) is 1. The van der Waals surface area contributed by atoms with Gasteiger partial charge in [0.2, 0.25) is 0 Å². The maximum Gasteiger partial charge on any atom is 0.289 e. The summed E-state index contributed by atoms with van der Waals surface area (Å²) in [6, 6.07) is 6.59. The van der Waals surface area contributed by atoms with Gasteiger partial charge in [-0.1, -0.05) is 25.5 Å². The second-order valence-electron chi connectivity index (χ2n) is 7.93. The number of piperidine rings is 1. The van der Waals surface area contributed by atoms with Gasteiger partial charge in [0.15, 0.2) is 5.76 Å². The molecular weight excluding hydrogens is 326 g/mol. The minimum atomic E-state index is 0.0417. The van der Waals surface area contributed by atoms with Crippen LogP contribution in [0.1, 0.15) is 47.9 Å². The van der Waals surface area contributed by atoms with Gasteiger partial charge in [0.05, 0.1) is 0 Å². The molecule has 2 saturated heterocycles. The number of furan rings is 1. The zero-order valence-electron chi connectivity index (χ0n) is 16.0. The van der Waals surface area contributed by atoms with Gasteiger partial charge in [-0.05, 0) is 50.2 Å². The number of nitrogens with one attached hydrogen (secondary N) is 2. The number of fused-ring (bicyclic) bond motifs is 1. The summed E-state index contributed by atoms with van der Waals surface area (Å²) in [6.07, 6.45) is 3.40. The quantitative estimate of drug-likeness (QED) is 0.886. The number of amides is 1. The number of hydrazine groups is 1. The van der Waals surface area contributed by atoms with Gasteiger partial charge in [-0.3, -0.25) is 15.6 Å². The van der Waals surface area contributed by atoms with Gasteiger partial charge in [0, 0.05) is 36.6 Å². The first-order valence-corrected chi connectivity index (χ1v) is 9.86. The third-order valence-corrected chi connectivity index (χ3v) is 6.21. The summed E-state index contributed by atoms with van der Waals surface area (Å²) < 4.78 is 5.98. The van der Waals surface area contributed by atoms with E-state index in [0.717, 1.165) is 54.6 Å². The smallest absolute Gasteiger partial charge is 0.289 e. The molecule has 1 aromatic heterocycles. The Labute approximate surface area is 155 Å². The van der Waals surface area contributed by atoms with Gasteiger partial charge in [0.1, 0.15) is 5.58 Å². The molecule has 140 valence electrons. The largest absolute Gasteiger partial charge is 0.451 e. The van der Waals surface area contributed by atoms with Crippen LogP contribution in [0.15, 0.2) is 22.6 Å². The third-order valence-electron chi connectivity index (χ3n) is 6.21. The molecule has 4 rings (SSSR count). The van der Waals surface area contributed by atoms with Gasteiger partial charge < -0.3 is 9.32 Å². The topological polar surface area (TPSA) is 57.5 Å². The number of likely N-dealkylation sites (tertiary alicyclic amines) is 1. The fourth-order valence-corrected chi connectivity index (χ4v) is 4.62. The van der Waals surface area contributed by atoms with Crippen LogP contribution in [0.3, 0.4) is 0 Å². The fourth-order valence-electron chi connectivity index (χ4n) is 4.62. The second kappa shape index (κ2) is 7.05. The summed E-state index contributed by atoms with van der Waals surface area (Å²) in [4.78, 5) is 15.2. The van der Waals surface area contributed by atoms with Crippen molar-refractivity contribution in [2.45, 2.75) is 46.1 Å². The van der Waals surface area contributed by atoms with Crippen molar-refractivity contribution in [3.63, 3.8) is 0 Å². The van der Waals surface area contributed by atoms with Crippen LogP contribution >= 0.6 is 0 Å². The Kier molecular flexibility index (Phi) is 4.76. The zero-order chi connectivity index (χ0) is 18.3. The molecule has 0 bridgehead atoms. The lowest BCUT2D eigenvalue weighted by Crippen LogP contribution is -2.48. The number of hydrogen-bond donors (Lipinski definition) is 2. The summed E-state index contributed by atoms with van der Waals surface area (Å²) in [5, 5.41) is 1.04. The van der Waals surface area contributed by atoms with Crippen LogP contribution in [0.2, 0.25) is 0 Å². The molecule has 0 aliphatic carbocycles. The molecular formula is C21H29N3O2. The second-order valence-corrected chi connectivity index (χ2v) is 7.93. The monoisotopic (exact) mass is 355 g/mol. The van der Waals surface area contributed by atoms with Gasteiger partial charge in [-0.2, -0.15) is 0 Å². The summed E-state index contributed by atoms with van der Waals surface area (Å²) in [6.45, 7) is 8.93. The molecule has 0 spiro atoms. The number of carbonyl (C=O) groups is 1.